The van der Waals surface area contributed by atoms with Crippen LogP contribution in [0.2, 0.25) is 0 Å². The van der Waals surface area contributed by atoms with E-state index in [0.29, 0.717) is 21.7 Å². The van der Waals surface area contributed by atoms with Gasteiger partial charge in [-0.2, -0.15) is 5.10 Å². The Hall–Kier alpha value is -3.36. The zero-order chi connectivity index (χ0) is 21.3. The van der Waals surface area contributed by atoms with E-state index in [2.05, 4.69) is 52.7 Å². The van der Waals surface area contributed by atoms with Gasteiger partial charge in [0.1, 0.15) is 16.5 Å². The lowest BCUT2D eigenvalue weighted by Gasteiger charge is -2.10. The predicted molar refractivity (Wildman–Crippen MR) is 109 cm³/mol. The molecular formula is C19H10BrF2N5O2S. The molecule has 30 heavy (non-hydrogen) atoms. The molecule has 4 rings (SSSR count). The van der Waals surface area contributed by atoms with Crippen LogP contribution in [-0.2, 0) is 10.0 Å². The fraction of sp³-hybridized carbons (Fsp3) is 0. The number of halogens is 3. The number of benzene rings is 1. The average Bonchev–Trinajstić information content (AvgIpc) is 3.17. The maximum atomic E-state index is 14.2. The predicted octanol–water partition coefficient (Wildman–Crippen LogP) is 3.59. The zero-order valence-electron chi connectivity index (χ0n) is 14.8. The van der Waals surface area contributed by atoms with E-state index in [9.17, 15) is 17.2 Å². The zero-order valence-corrected chi connectivity index (χ0v) is 17.2. The van der Waals surface area contributed by atoms with Gasteiger partial charge in [-0.1, -0.05) is 11.8 Å². The minimum atomic E-state index is -4.15. The Kier molecular flexibility index (Phi) is 5.19. The van der Waals surface area contributed by atoms with Gasteiger partial charge in [-0.05, 0) is 34.1 Å². The van der Waals surface area contributed by atoms with Crippen LogP contribution in [0, 0.1) is 23.5 Å². The number of fused-ring (bicyclic) bond motifs is 1. The summed E-state index contributed by atoms with van der Waals surface area (Å²) in [5, 5.41) is 7.27. The molecule has 0 aliphatic carbocycles. The summed E-state index contributed by atoms with van der Waals surface area (Å²) in [4.78, 5) is 7.71. The van der Waals surface area contributed by atoms with E-state index in [1.54, 1.807) is 12.3 Å². The van der Waals surface area contributed by atoms with Crippen molar-refractivity contribution in [2.45, 2.75) is 4.90 Å². The van der Waals surface area contributed by atoms with E-state index in [1.807, 2.05) is 0 Å². The molecule has 7 nitrogen and oxygen atoms in total. The van der Waals surface area contributed by atoms with E-state index in [1.165, 1.54) is 18.5 Å². The second kappa shape index (κ2) is 7.81. The van der Waals surface area contributed by atoms with Gasteiger partial charge >= 0.3 is 0 Å². The van der Waals surface area contributed by atoms with Gasteiger partial charge in [-0.25, -0.2) is 22.2 Å². The highest BCUT2D eigenvalue weighted by Gasteiger charge is 2.19. The summed E-state index contributed by atoms with van der Waals surface area (Å²) in [5.41, 5.74) is 0.431. The van der Waals surface area contributed by atoms with Crippen LogP contribution in [0.25, 0.3) is 11.0 Å². The van der Waals surface area contributed by atoms with Crippen LogP contribution in [0.5, 0.6) is 0 Å². The number of aromatic amines is 1. The Balaban J connectivity index is 1.67. The molecule has 0 aliphatic heterocycles. The van der Waals surface area contributed by atoms with Crippen molar-refractivity contribution in [3.05, 3.63) is 76.3 Å². The highest BCUT2D eigenvalue weighted by atomic mass is 79.9. The monoisotopic (exact) mass is 489 g/mol. The lowest BCUT2D eigenvalue weighted by molar-refractivity contribution is 0.581. The fourth-order valence-electron chi connectivity index (χ4n) is 2.51. The lowest BCUT2D eigenvalue weighted by atomic mass is 10.1. The van der Waals surface area contributed by atoms with Crippen molar-refractivity contribution >= 4 is 42.7 Å². The number of nitrogens with one attached hydrogen (secondary N) is 2. The van der Waals surface area contributed by atoms with Gasteiger partial charge in [-0.3, -0.25) is 14.8 Å². The van der Waals surface area contributed by atoms with Gasteiger partial charge in [0.25, 0.3) is 10.0 Å². The number of rotatable bonds is 3. The molecule has 2 N–H and O–H groups in total. The molecule has 1 aromatic carbocycles. The van der Waals surface area contributed by atoms with E-state index in [4.69, 9.17) is 0 Å². The molecule has 4 aromatic rings. The SMILES string of the molecule is O=S(=O)(Nc1cc(C#Cc2cnc3[nH]ncc3c2)c(F)cc1F)c1cncc(Br)c1. The average molecular weight is 490 g/mol. The van der Waals surface area contributed by atoms with Crippen LogP contribution in [0.3, 0.4) is 0 Å². The number of anilines is 1. The fourth-order valence-corrected chi connectivity index (χ4v) is 4.07. The highest BCUT2D eigenvalue weighted by molar-refractivity contribution is 9.10. The smallest absolute Gasteiger partial charge is 0.263 e. The minimum absolute atomic E-state index is 0.186. The molecule has 150 valence electrons. The highest BCUT2D eigenvalue weighted by Crippen LogP contribution is 2.23. The Bertz CT molecular complexity index is 1440. The first-order valence-corrected chi connectivity index (χ1v) is 10.5. The van der Waals surface area contributed by atoms with Gasteiger partial charge in [0.2, 0.25) is 0 Å². The molecule has 0 saturated heterocycles. The van der Waals surface area contributed by atoms with Crippen LogP contribution in [0.1, 0.15) is 11.1 Å². The third kappa shape index (κ3) is 4.14. The Labute approximate surface area is 177 Å². The normalized spacial score (nSPS) is 11.2. The number of H-pyrrole nitrogens is 1. The van der Waals surface area contributed by atoms with Crippen molar-refractivity contribution in [1.29, 1.82) is 0 Å². The van der Waals surface area contributed by atoms with E-state index in [0.717, 1.165) is 17.6 Å². The van der Waals surface area contributed by atoms with Gasteiger partial charge < -0.3 is 0 Å². The van der Waals surface area contributed by atoms with Crippen LogP contribution in [-0.4, -0.2) is 28.6 Å². The first-order valence-electron chi connectivity index (χ1n) is 8.25. The molecule has 0 spiro atoms. The summed E-state index contributed by atoms with van der Waals surface area (Å²) in [6.07, 6.45) is 5.55. The van der Waals surface area contributed by atoms with Crippen LogP contribution >= 0.6 is 15.9 Å². The van der Waals surface area contributed by atoms with E-state index >= 15 is 0 Å². The van der Waals surface area contributed by atoms with Gasteiger partial charge in [0.15, 0.2) is 5.65 Å². The number of sulfonamides is 1. The topological polar surface area (TPSA) is 101 Å². The van der Waals surface area contributed by atoms with Crippen molar-refractivity contribution in [1.82, 2.24) is 20.2 Å². The molecule has 3 aromatic heterocycles. The number of nitrogens with zero attached hydrogens (tertiary/aromatic N) is 3. The maximum Gasteiger partial charge on any atom is 0.263 e. The third-order valence-electron chi connectivity index (χ3n) is 3.92. The molecule has 0 unspecified atom stereocenters. The summed E-state index contributed by atoms with van der Waals surface area (Å²) < 4.78 is 55.9. The molecule has 3 heterocycles. The van der Waals surface area contributed by atoms with Gasteiger partial charge in [0, 0.05) is 40.1 Å². The first kappa shape index (κ1) is 19.9. The number of aromatic nitrogens is 4. The molecular weight excluding hydrogens is 480 g/mol. The Morgan fingerprint density at radius 2 is 1.83 bits per heavy atom. The lowest BCUT2D eigenvalue weighted by Crippen LogP contribution is -2.14. The van der Waals surface area contributed by atoms with Crippen molar-refractivity contribution in [2.24, 2.45) is 0 Å². The van der Waals surface area contributed by atoms with Gasteiger partial charge in [0.05, 0.1) is 17.4 Å². The van der Waals surface area contributed by atoms with Crippen LogP contribution in [0.15, 0.2) is 58.4 Å². The minimum Gasteiger partial charge on any atom is -0.277 e. The third-order valence-corrected chi connectivity index (χ3v) is 5.69. The van der Waals surface area contributed by atoms with Crippen molar-refractivity contribution in [2.75, 3.05) is 4.72 Å². The maximum absolute atomic E-state index is 14.2. The molecule has 0 atom stereocenters. The van der Waals surface area contributed by atoms with Crippen molar-refractivity contribution < 1.29 is 17.2 Å². The molecule has 0 aliphatic rings. The second-order valence-electron chi connectivity index (χ2n) is 6.04. The summed E-state index contributed by atoms with van der Waals surface area (Å²) in [7, 11) is -4.15. The summed E-state index contributed by atoms with van der Waals surface area (Å²) in [6, 6.07) is 4.56. The van der Waals surface area contributed by atoms with Crippen LogP contribution < -0.4 is 4.72 Å². The Morgan fingerprint density at radius 1 is 1.00 bits per heavy atom. The Morgan fingerprint density at radius 3 is 2.63 bits per heavy atom. The number of hydrogen-bond donors (Lipinski definition) is 2. The van der Waals surface area contributed by atoms with Gasteiger partial charge in [-0.15, -0.1) is 0 Å². The summed E-state index contributed by atoms with van der Waals surface area (Å²) >= 11 is 3.12. The molecule has 0 saturated carbocycles. The standard InChI is InChI=1S/C19H10BrF2N5O2S/c20-14-5-15(10-23-9-14)30(28,29)27-18-4-12(16(21)6-17(18)22)2-1-11-3-13-8-25-26-19(13)24-7-11/h3-10,27H,(H,24,25,26). The summed E-state index contributed by atoms with van der Waals surface area (Å²) in [5.74, 6) is 3.29. The second-order valence-corrected chi connectivity index (χ2v) is 8.64. The summed E-state index contributed by atoms with van der Waals surface area (Å²) in [6.45, 7) is 0. The molecule has 0 bridgehead atoms. The van der Waals surface area contributed by atoms with Crippen molar-refractivity contribution in [3.8, 4) is 11.8 Å². The van der Waals surface area contributed by atoms with E-state index < -0.39 is 27.3 Å². The molecule has 11 heteroatoms. The van der Waals surface area contributed by atoms with Crippen molar-refractivity contribution in [3.63, 3.8) is 0 Å². The molecule has 0 amide bonds. The molecule has 0 fully saturated rings. The van der Waals surface area contributed by atoms with E-state index in [-0.39, 0.29) is 10.5 Å². The largest absolute Gasteiger partial charge is 0.277 e. The number of pyridine rings is 2. The number of hydrogen-bond acceptors (Lipinski definition) is 5. The molecule has 0 radical (unpaired) electrons. The first-order chi connectivity index (χ1) is 14.3. The van der Waals surface area contributed by atoms with Crippen LogP contribution in [0.4, 0.5) is 14.5 Å². The quantitative estimate of drug-likeness (QED) is 0.428.